The van der Waals surface area contributed by atoms with Crippen LogP contribution in [-0.4, -0.2) is 45.0 Å². The van der Waals surface area contributed by atoms with Crippen molar-refractivity contribution in [1.82, 2.24) is 30.6 Å². The number of halogens is 3. The van der Waals surface area contributed by atoms with E-state index in [0.717, 1.165) is 30.1 Å². The summed E-state index contributed by atoms with van der Waals surface area (Å²) < 4.78 is 38.7. The molecule has 2 aromatic heterocycles. The zero-order chi connectivity index (χ0) is 17.2. The van der Waals surface area contributed by atoms with Gasteiger partial charge in [-0.25, -0.2) is 9.67 Å². The minimum absolute atomic E-state index is 0.0283. The van der Waals surface area contributed by atoms with Crippen LogP contribution in [0.15, 0.2) is 24.5 Å². The van der Waals surface area contributed by atoms with Gasteiger partial charge >= 0.3 is 6.18 Å². The molecule has 7 nitrogen and oxygen atoms in total. The Labute approximate surface area is 135 Å². The molecule has 3 heterocycles. The van der Waals surface area contributed by atoms with E-state index >= 15 is 0 Å². The van der Waals surface area contributed by atoms with E-state index in [0.29, 0.717) is 12.7 Å². The number of hydrogen-bond donors (Lipinski definition) is 2. The Bertz CT molecular complexity index is 706. The van der Waals surface area contributed by atoms with E-state index in [1.807, 2.05) is 0 Å². The van der Waals surface area contributed by atoms with E-state index in [1.165, 1.54) is 12.3 Å². The number of amides is 1. The van der Waals surface area contributed by atoms with Crippen molar-refractivity contribution in [2.24, 2.45) is 0 Å². The van der Waals surface area contributed by atoms with Crippen LogP contribution in [-0.2, 0) is 6.18 Å². The highest BCUT2D eigenvalue weighted by Gasteiger charge is 2.30. The second-order valence-corrected chi connectivity index (χ2v) is 5.47. The SMILES string of the molecule is O=C(N[C@H]1CCCNC1)c1cn(-c2ccc(C(F)(F)F)cn2)nn1. The van der Waals surface area contributed by atoms with Crippen LogP contribution in [0.5, 0.6) is 0 Å². The third-order valence-electron chi connectivity index (χ3n) is 3.67. The fourth-order valence-corrected chi connectivity index (χ4v) is 2.40. The Morgan fingerprint density at radius 3 is 2.83 bits per heavy atom. The Morgan fingerprint density at radius 2 is 2.21 bits per heavy atom. The van der Waals surface area contributed by atoms with Gasteiger partial charge in [-0.05, 0) is 31.5 Å². The highest BCUT2D eigenvalue weighted by Crippen LogP contribution is 2.28. The average Bonchev–Trinajstić information content (AvgIpc) is 3.05. The van der Waals surface area contributed by atoms with Crippen LogP contribution in [0.4, 0.5) is 13.2 Å². The van der Waals surface area contributed by atoms with E-state index < -0.39 is 11.7 Å². The minimum atomic E-state index is -4.45. The molecule has 1 aliphatic rings. The number of nitrogens with zero attached hydrogens (tertiary/aromatic N) is 4. The summed E-state index contributed by atoms with van der Waals surface area (Å²) in [6.45, 7) is 1.63. The van der Waals surface area contributed by atoms with Crippen LogP contribution < -0.4 is 10.6 Å². The number of piperidine rings is 1. The molecule has 1 aliphatic heterocycles. The van der Waals surface area contributed by atoms with Crippen LogP contribution in [0.2, 0.25) is 0 Å². The lowest BCUT2D eigenvalue weighted by atomic mass is 10.1. The number of nitrogens with one attached hydrogen (secondary N) is 2. The Hall–Kier alpha value is -2.49. The van der Waals surface area contributed by atoms with Crippen LogP contribution in [0, 0.1) is 0 Å². The molecular weight excluding hydrogens is 325 g/mol. The summed E-state index contributed by atoms with van der Waals surface area (Å²) in [5.41, 5.74) is -0.767. The van der Waals surface area contributed by atoms with Crippen molar-refractivity contribution in [1.29, 1.82) is 0 Å². The maximum Gasteiger partial charge on any atom is 0.417 e. The van der Waals surface area contributed by atoms with Gasteiger partial charge in [0, 0.05) is 18.8 Å². The fraction of sp³-hybridized carbons (Fsp3) is 0.429. The van der Waals surface area contributed by atoms with Crippen LogP contribution >= 0.6 is 0 Å². The van der Waals surface area contributed by atoms with E-state index in [1.54, 1.807) is 0 Å². The van der Waals surface area contributed by atoms with Gasteiger partial charge in [-0.2, -0.15) is 13.2 Å². The molecule has 3 rings (SSSR count). The van der Waals surface area contributed by atoms with E-state index in [9.17, 15) is 18.0 Å². The van der Waals surface area contributed by atoms with Gasteiger partial charge in [0.05, 0.1) is 11.8 Å². The summed E-state index contributed by atoms with van der Waals surface area (Å²) >= 11 is 0. The predicted octanol–water partition coefficient (Wildman–Crippen LogP) is 1.16. The predicted molar refractivity (Wildman–Crippen MR) is 77.5 cm³/mol. The molecule has 0 spiro atoms. The number of carbonyl (C=O) groups is 1. The van der Waals surface area contributed by atoms with Crippen molar-refractivity contribution >= 4 is 5.91 Å². The molecule has 24 heavy (non-hydrogen) atoms. The molecule has 0 aliphatic carbocycles. The molecule has 10 heteroatoms. The van der Waals surface area contributed by atoms with Crippen molar-refractivity contribution in [2.75, 3.05) is 13.1 Å². The van der Waals surface area contributed by atoms with Gasteiger partial charge in [0.1, 0.15) is 0 Å². The Balaban J connectivity index is 1.69. The maximum atomic E-state index is 12.5. The van der Waals surface area contributed by atoms with E-state index in [-0.39, 0.29) is 23.5 Å². The van der Waals surface area contributed by atoms with Crippen molar-refractivity contribution in [3.63, 3.8) is 0 Å². The van der Waals surface area contributed by atoms with Crippen molar-refractivity contribution < 1.29 is 18.0 Å². The first kappa shape index (κ1) is 16.4. The normalized spacial score (nSPS) is 18.4. The molecule has 0 aromatic carbocycles. The first-order chi connectivity index (χ1) is 11.4. The number of hydrogen-bond acceptors (Lipinski definition) is 5. The third kappa shape index (κ3) is 3.70. The second-order valence-electron chi connectivity index (χ2n) is 5.47. The first-order valence-electron chi connectivity index (χ1n) is 7.41. The average molecular weight is 340 g/mol. The lowest BCUT2D eigenvalue weighted by Crippen LogP contribution is -2.45. The highest BCUT2D eigenvalue weighted by molar-refractivity contribution is 5.92. The molecular formula is C14H15F3N6O. The molecule has 0 saturated carbocycles. The fourth-order valence-electron chi connectivity index (χ4n) is 2.40. The summed E-state index contributed by atoms with van der Waals surface area (Å²) in [4.78, 5) is 15.8. The van der Waals surface area contributed by atoms with Crippen molar-refractivity contribution in [2.45, 2.75) is 25.1 Å². The molecule has 128 valence electrons. The molecule has 1 fully saturated rings. The molecule has 1 saturated heterocycles. The van der Waals surface area contributed by atoms with Gasteiger partial charge in [-0.1, -0.05) is 5.21 Å². The van der Waals surface area contributed by atoms with Crippen molar-refractivity contribution in [3.05, 3.63) is 35.8 Å². The van der Waals surface area contributed by atoms with Gasteiger partial charge in [-0.15, -0.1) is 5.10 Å². The third-order valence-corrected chi connectivity index (χ3v) is 3.67. The van der Waals surface area contributed by atoms with Gasteiger partial charge in [-0.3, -0.25) is 4.79 Å². The van der Waals surface area contributed by atoms with Crippen molar-refractivity contribution in [3.8, 4) is 5.82 Å². The lowest BCUT2D eigenvalue weighted by molar-refractivity contribution is -0.137. The standard InChI is InChI=1S/C14H15F3N6O/c15-14(16,17)9-3-4-12(19-6-9)23-8-11(21-22-23)13(24)20-10-2-1-5-18-7-10/h3-4,6,8,10,18H,1-2,5,7H2,(H,20,24)/t10-/m0/s1. The summed E-state index contributed by atoms with van der Waals surface area (Å²) in [5.74, 6) is -0.226. The number of pyridine rings is 1. The molecule has 1 amide bonds. The van der Waals surface area contributed by atoms with Crippen LogP contribution in [0.1, 0.15) is 28.9 Å². The van der Waals surface area contributed by atoms with Crippen LogP contribution in [0.3, 0.4) is 0 Å². The smallest absolute Gasteiger partial charge is 0.347 e. The molecule has 2 aromatic rings. The Kier molecular flexibility index (Phi) is 4.47. The van der Waals surface area contributed by atoms with E-state index in [4.69, 9.17) is 0 Å². The summed E-state index contributed by atoms with van der Waals surface area (Å²) in [6, 6.07) is 2.10. The number of alkyl halides is 3. The zero-order valence-corrected chi connectivity index (χ0v) is 12.5. The monoisotopic (exact) mass is 340 g/mol. The number of aromatic nitrogens is 4. The zero-order valence-electron chi connectivity index (χ0n) is 12.5. The number of rotatable bonds is 3. The first-order valence-corrected chi connectivity index (χ1v) is 7.41. The molecule has 1 atom stereocenters. The molecule has 0 unspecified atom stereocenters. The summed E-state index contributed by atoms with van der Waals surface area (Å²) in [7, 11) is 0. The Morgan fingerprint density at radius 1 is 1.38 bits per heavy atom. The van der Waals surface area contributed by atoms with Gasteiger partial charge < -0.3 is 10.6 Å². The lowest BCUT2D eigenvalue weighted by Gasteiger charge is -2.23. The quantitative estimate of drug-likeness (QED) is 0.876. The van der Waals surface area contributed by atoms with Gasteiger partial charge in [0.2, 0.25) is 0 Å². The van der Waals surface area contributed by atoms with Gasteiger partial charge in [0.15, 0.2) is 11.5 Å². The van der Waals surface area contributed by atoms with Gasteiger partial charge in [0.25, 0.3) is 5.91 Å². The minimum Gasteiger partial charge on any atom is -0.347 e. The number of carbonyl (C=O) groups excluding carboxylic acids is 1. The topological polar surface area (TPSA) is 84.7 Å². The summed E-state index contributed by atoms with van der Waals surface area (Å²) in [5, 5.41) is 13.5. The maximum absolute atomic E-state index is 12.5. The summed E-state index contributed by atoms with van der Waals surface area (Å²) in [6.07, 6.45) is -0.543. The van der Waals surface area contributed by atoms with E-state index in [2.05, 4.69) is 25.9 Å². The van der Waals surface area contributed by atoms with Crippen LogP contribution in [0.25, 0.3) is 5.82 Å². The second kappa shape index (κ2) is 6.56. The molecule has 0 radical (unpaired) electrons. The highest BCUT2D eigenvalue weighted by atomic mass is 19.4. The largest absolute Gasteiger partial charge is 0.417 e. The molecule has 2 N–H and O–H groups in total. The molecule has 0 bridgehead atoms.